The van der Waals surface area contributed by atoms with Crippen molar-refractivity contribution >= 4 is 0 Å². The third-order valence-corrected chi connectivity index (χ3v) is 5.05. The van der Waals surface area contributed by atoms with Gasteiger partial charge in [-0.2, -0.15) is 5.26 Å². The molecule has 100 valence electrons. The Morgan fingerprint density at radius 3 is 2.22 bits per heavy atom. The van der Waals surface area contributed by atoms with Gasteiger partial charge in [0.2, 0.25) is 0 Å². The van der Waals surface area contributed by atoms with Crippen molar-refractivity contribution in [1.82, 2.24) is 10.2 Å². The van der Waals surface area contributed by atoms with Crippen LogP contribution in [0.1, 0.15) is 39.5 Å². The highest BCUT2D eigenvalue weighted by molar-refractivity contribution is 5.19. The van der Waals surface area contributed by atoms with E-state index in [1.165, 1.54) is 38.8 Å². The van der Waals surface area contributed by atoms with Crippen molar-refractivity contribution < 1.29 is 0 Å². The lowest BCUT2D eigenvalue weighted by Gasteiger charge is -2.32. The van der Waals surface area contributed by atoms with Gasteiger partial charge in [-0.1, -0.05) is 13.8 Å². The first kappa shape index (κ1) is 12.4. The van der Waals surface area contributed by atoms with Crippen LogP contribution < -0.4 is 5.32 Å². The van der Waals surface area contributed by atoms with Gasteiger partial charge in [0, 0.05) is 25.7 Å². The summed E-state index contributed by atoms with van der Waals surface area (Å²) in [5.74, 6) is 2.16. The second-order valence-electron chi connectivity index (χ2n) is 6.92. The van der Waals surface area contributed by atoms with Gasteiger partial charge in [-0.25, -0.2) is 0 Å². The number of nitrogens with one attached hydrogen (secondary N) is 1. The molecule has 0 aromatic rings. The van der Waals surface area contributed by atoms with Crippen LogP contribution in [0, 0.1) is 29.1 Å². The minimum Gasteiger partial charge on any atom is -0.300 e. The van der Waals surface area contributed by atoms with Gasteiger partial charge in [-0.05, 0) is 43.4 Å². The first-order valence-electron chi connectivity index (χ1n) is 7.54. The van der Waals surface area contributed by atoms with Crippen LogP contribution in [0.15, 0.2) is 0 Å². The van der Waals surface area contributed by atoms with Crippen molar-refractivity contribution in [2.75, 3.05) is 19.6 Å². The van der Waals surface area contributed by atoms with Crippen LogP contribution in [0.3, 0.4) is 0 Å². The molecule has 1 N–H and O–H groups in total. The molecular weight excluding hydrogens is 222 g/mol. The fourth-order valence-electron chi connectivity index (χ4n) is 3.35. The Morgan fingerprint density at radius 1 is 1.17 bits per heavy atom. The fraction of sp³-hybridized carbons (Fsp3) is 0.933. The number of nitrogens with zero attached hydrogens (tertiary/aromatic N) is 2. The molecule has 1 saturated heterocycles. The second kappa shape index (κ2) is 4.51. The van der Waals surface area contributed by atoms with E-state index >= 15 is 0 Å². The van der Waals surface area contributed by atoms with Gasteiger partial charge in [0.25, 0.3) is 0 Å². The van der Waals surface area contributed by atoms with Gasteiger partial charge < -0.3 is 0 Å². The van der Waals surface area contributed by atoms with E-state index in [9.17, 15) is 5.26 Å². The topological polar surface area (TPSA) is 39.1 Å². The van der Waals surface area contributed by atoms with Gasteiger partial charge in [0.1, 0.15) is 5.54 Å². The highest BCUT2D eigenvalue weighted by Crippen LogP contribution is 2.42. The van der Waals surface area contributed by atoms with E-state index in [1.54, 1.807) is 0 Å². The van der Waals surface area contributed by atoms with Crippen molar-refractivity contribution in [3.63, 3.8) is 0 Å². The van der Waals surface area contributed by atoms with E-state index in [0.29, 0.717) is 12.0 Å². The Labute approximate surface area is 111 Å². The first-order chi connectivity index (χ1) is 8.63. The number of hydrogen-bond acceptors (Lipinski definition) is 3. The highest BCUT2D eigenvalue weighted by Gasteiger charge is 2.49. The van der Waals surface area contributed by atoms with E-state index in [0.717, 1.165) is 18.4 Å². The van der Waals surface area contributed by atoms with Crippen LogP contribution in [0.2, 0.25) is 0 Å². The molecule has 3 heteroatoms. The Balaban J connectivity index is 1.67. The normalized spacial score (nSPS) is 36.3. The second-order valence-corrected chi connectivity index (χ2v) is 6.92. The Kier molecular flexibility index (Phi) is 3.11. The van der Waals surface area contributed by atoms with Crippen LogP contribution in [0.25, 0.3) is 0 Å². The Hall–Kier alpha value is -0.590. The van der Waals surface area contributed by atoms with E-state index in [-0.39, 0.29) is 5.54 Å². The molecule has 0 aromatic heterocycles. The summed E-state index contributed by atoms with van der Waals surface area (Å²) in [6.45, 7) is 7.96. The summed E-state index contributed by atoms with van der Waals surface area (Å²) < 4.78 is 0. The number of hydrogen-bond donors (Lipinski definition) is 1. The summed E-state index contributed by atoms with van der Waals surface area (Å²) in [7, 11) is 0. The maximum absolute atomic E-state index is 9.72. The summed E-state index contributed by atoms with van der Waals surface area (Å²) in [6.07, 6.45) is 5.02. The van der Waals surface area contributed by atoms with Crippen LogP contribution in [0.5, 0.6) is 0 Å². The maximum atomic E-state index is 9.72. The minimum absolute atomic E-state index is 0.245. The average molecular weight is 247 g/mol. The average Bonchev–Trinajstić information content (AvgIpc) is 3.21. The van der Waals surface area contributed by atoms with Gasteiger partial charge >= 0.3 is 0 Å². The molecule has 0 aromatic carbocycles. The molecule has 0 spiro atoms. The molecule has 0 bridgehead atoms. The van der Waals surface area contributed by atoms with Crippen LogP contribution in [-0.2, 0) is 0 Å². The Morgan fingerprint density at radius 2 is 1.78 bits per heavy atom. The molecule has 1 heterocycles. The summed E-state index contributed by atoms with van der Waals surface area (Å²) in [6, 6.07) is 3.28. The summed E-state index contributed by atoms with van der Waals surface area (Å²) in [5, 5.41) is 13.4. The molecule has 1 aliphatic heterocycles. The molecule has 2 saturated carbocycles. The molecular formula is C15H25N3. The van der Waals surface area contributed by atoms with Crippen LogP contribution in [-0.4, -0.2) is 36.1 Å². The number of rotatable bonds is 5. The van der Waals surface area contributed by atoms with Crippen molar-refractivity contribution in [1.29, 1.82) is 5.26 Å². The lowest BCUT2D eigenvalue weighted by molar-refractivity contribution is 0.219. The zero-order valence-electron chi connectivity index (χ0n) is 11.7. The molecule has 3 rings (SSSR count). The van der Waals surface area contributed by atoms with Crippen LogP contribution >= 0.6 is 0 Å². The van der Waals surface area contributed by atoms with E-state index in [4.69, 9.17) is 0 Å². The Bertz CT molecular complexity index is 343. The van der Waals surface area contributed by atoms with E-state index < -0.39 is 0 Å². The van der Waals surface area contributed by atoms with Gasteiger partial charge in [-0.15, -0.1) is 0 Å². The zero-order valence-corrected chi connectivity index (χ0v) is 11.7. The SMILES string of the molecule is CC1CN(CC(C#N)(NC2CC2)C2CC2)CC1C. The quantitative estimate of drug-likeness (QED) is 0.807. The van der Waals surface area contributed by atoms with E-state index in [1.807, 2.05) is 0 Å². The van der Waals surface area contributed by atoms with Crippen molar-refractivity contribution in [3.8, 4) is 6.07 Å². The lowest BCUT2D eigenvalue weighted by atomic mass is 9.94. The molecule has 18 heavy (non-hydrogen) atoms. The van der Waals surface area contributed by atoms with Crippen molar-refractivity contribution in [2.45, 2.75) is 51.1 Å². The molecule has 3 unspecified atom stereocenters. The molecule has 0 radical (unpaired) electrons. The molecule has 3 atom stereocenters. The largest absolute Gasteiger partial charge is 0.300 e. The maximum Gasteiger partial charge on any atom is 0.122 e. The predicted molar refractivity (Wildman–Crippen MR) is 72.0 cm³/mol. The zero-order chi connectivity index (χ0) is 12.8. The van der Waals surface area contributed by atoms with Crippen LogP contribution in [0.4, 0.5) is 0 Å². The molecule has 0 amide bonds. The first-order valence-corrected chi connectivity index (χ1v) is 7.54. The summed E-state index contributed by atoms with van der Waals surface area (Å²) in [5.41, 5.74) is -0.245. The molecule has 3 fully saturated rings. The summed E-state index contributed by atoms with van der Waals surface area (Å²) >= 11 is 0. The third-order valence-electron chi connectivity index (χ3n) is 5.05. The third kappa shape index (κ3) is 2.41. The molecule has 2 aliphatic carbocycles. The van der Waals surface area contributed by atoms with Gasteiger partial charge in [0.05, 0.1) is 6.07 Å². The fourth-order valence-corrected chi connectivity index (χ4v) is 3.35. The number of likely N-dealkylation sites (tertiary alicyclic amines) is 1. The molecule has 3 aliphatic rings. The monoisotopic (exact) mass is 247 g/mol. The predicted octanol–water partition coefficient (Wildman–Crippen LogP) is 2.00. The summed E-state index contributed by atoms with van der Waals surface area (Å²) in [4.78, 5) is 2.52. The highest BCUT2D eigenvalue weighted by atomic mass is 15.2. The standard InChI is InChI=1S/C15H25N3/c1-11-7-18(8-12(11)2)10-15(9-16,13-3-4-13)17-14-5-6-14/h11-14,17H,3-8,10H2,1-2H3. The minimum atomic E-state index is -0.245. The van der Waals surface area contributed by atoms with Gasteiger partial charge in [-0.3, -0.25) is 10.2 Å². The smallest absolute Gasteiger partial charge is 0.122 e. The lowest BCUT2D eigenvalue weighted by Crippen LogP contribution is -2.55. The van der Waals surface area contributed by atoms with Crippen molar-refractivity contribution in [3.05, 3.63) is 0 Å². The molecule has 3 nitrogen and oxygen atoms in total. The van der Waals surface area contributed by atoms with Crippen molar-refractivity contribution in [2.24, 2.45) is 17.8 Å². The van der Waals surface area contributed by atoms with Gasteiger partial charge in [0.15, 0.2) is 0 Å². The number of nitriles is 1. The van der Waals surface area contributed by atoms with E-state index in [2.05, 4.69) is 30.1 Å².